The van der Waals surface area contributed by atoms with Gasteiger partial charge in [-0.25, -0.2) is 0 Å². The molecule has 0 saturated carbocycles. The predicted octanol–water partition coefficient (Wildman–Crippen LogP) is 2.17. The second-order valence-electron chi connectivity index (χ2n) is 3.90. The lowest BCUT2D eigenvalue weighted by Gasteiger charge is -2.23. The molecule has 1 N–H and O–H groups in total. The van der Waals surface area contributed by atoms with Crippen LogP contribution < -0.4 is 4.90 Å². The third kappa shape index (κ3) is 2.75. The average molecular weight is 286 g/mol. The van der Waals surface area contributed by atoms with Crippen LogP contribution in [0.15, 0.2) is 22.7 Å². The topological polar surface area (TPSA) is 32.7 Å². The Labute approximate surface area is 104 Å². The molecule has 1 aliphatic heterocycles. The molecule has 4 heteroatoms. The fraction of sp³-hybridized carbons (Fsp3) is 0.500. The molecular formula is C12H16BrNO2. The van der Waals surface area contributed by atoms with E-state index in [0.717, 1.165) is 42.8 Å². The number of benzene rings is 1. The van der Waals surface area contributed by atoms with Gasteiger partial charge in [-0.05, 0) is 40.0 Å². The lowest BCUT2D eigenvalue weighted by molar-refractivity contribution is 0.152. The molecule has 88 valence electrons. The number of aliphatic hydroxyl groups excluding tert-OH is 1. The van der Waals surface area contributed by atoms with E-state index >= 15 is 0 Å². The van der Waals surface area contributed by atoms with Gasteiger partial charge in [0.1, 0.15) is 0 Å². The molecule has 3 nitrogen and oxygen atoms in total. The van der Waals surface area contributed by atoms with Gasteiger partial charge in [-0.2, -0.15) is 0 Å². The minimum Gasteiger partial charge on any atom is -0.392 e. The van der Waals surface area contributed by atoms with E-state index in [0.29, 0.717) is 0 Å². The second kappa shape index (κ2) is 5.66. The molecule has 0 atom stereocenters. The van der Waals surface area contributed by atoms with Crippen molar-refractivity contribution in [1.29, 1.82) is 0 Å². The Morgan fingerprint density at radius 2 is 2.19 bits per heavy atom. The molecule has 1 aliphatic rings. The first-order chi connectivity index (χ1) is 7.81. The van der Waals surface area contributed by atoms with Gasteiger partial charge in [0.25, 0.3) is 0 Å². The number of rotatable bonds is 2. The maximum Gasteiger partial charge on any atom is 0.0682 e. The van der Waals surface area contributed by atoms with Crippen LogP contribution in [0.2, 0.25) is 0 Å². The van der Waals surface area contributed by atoms with E-state index in [2.05, 4.69) is 26.9 Å². The highest BCUT2D eigenvalue weighted by atomic mass is 79.9. The molecule has 1 aromatic rings. The third-order valence-electron chi connectivity index (χ3n) is 2.76. The van der Waals surface area contributed by atoms with Crippen molar-refractivity contribution in [3.8, 4) is 0 Å². The van der Waals surface area contributed by atoms with Gasteiger partial charge in [-0.3, -0.25) is 0 Å². The molecule has 0 aliphatic carbocycles. The van der Waals surface area contributed by atoms with E-state index in [-0.39, 0.29) is 6.61 Å². The highest BCUT2D eigenvalue weighted by Crippen LogP contribution is 2.28. The van der Waals surface area contributed by atoms with Crippen molar-refractivity contribution in [2.45, 2.75) is 13.0 Å². The summed E-state index contributed by atoms with van der Waals surface area (Å²) in [5, 5.41) is 9.05. The highest BCUT2D eigenvalue weighted by molar-refractivity contribution is 9.10. The monoisotopic (exact) mass is 285 g/mol. The van der Waals surface area contributed by atoms with Crippen LogP contribution in [0.25, 0.3) is 0 Å². The summed E-state index contributed by atoms with van der Waals surface area (Å²) in [6, 6.07) is 5.99. The normalized spacial score (nSPS) is 17.2. The smallest absolute Gasteiger partial charge is 0.0682 e. The van der Waals surface area contributed by atoms with Gasteiger partial charge in [0.05, 0.1) is 18.9 Å². The molecule has 2 rings (SSSR count). The van der Waals surface area contributed by atoms with Crippen LogP contribution in [-0.4, -0.2) is 31.4 Å². The van der Waals surface area contributed by atoms with Gasteiger partial charge < -0.3 is 14.7 Å². The fourth-order valence-corrected chi connectivity index (χ4v) is 2.57. The first-order valence-electron chi connectivity index (χ1n) is 5.53. The second-order valence-corrected chi connectivity index (χ2v) is 4.75. The summed E-state index contributed by atoms with van der Waals surface area (Å²) in [6.07, 6.45) is 1.06. The third-order valence-corrected chi connectivity index (χ3v) is 3.39. The summed E-state index contributed by atoms with van der Waals surface area (Å²) in [5.41, 5.74) is 2.12. The number of hydrogen-bond acceptors (Lipinski definition) is 3. The minimum absolute atomic E-state index is 0.0853. The summed E-state index contributed by atoms with van der Waals surface area (Å²) in [5.74, 6) is 0. The molecule has 1 aromatic carbocycles. The number of aliphatic hydroxyl groups is 1. The molecule has 0 spiro atoms. The lowest BCUT2D eigenvalue weighted by atomic mass is 10.2. The quantitative estimate of drug-likeness (QED) is 0.904. The molecule has 0 unspecified atom stereocenters. The Morgan fingerprint density at radius 1 is 1.31 bits per heavy atom. The first kappa shape index (κ1) is 11.9. The zero-order valence-corrected chi connectivity index (χ0v) is 10.7. The van der Waals surface area contributed by atoms with E-state index in [1.807, 2.05) is 12.1 Å². The largest absolute Gasteiger partial charge is 0.392 e. The molecular weight excluding hydrogens is 270 g/mol. The molecule has 0 aromatic heterocycles. The van der Waals surface area contributed by atoms with Crippen molar-refractivity contribution in [1.82, 2.24) is 0 Å². The zero-order valence-electron chi connectivity index (χ0n) is 9.16. The van der Waals surface area contributed by atoms with E-state index in [9.17, 15) is 0 Å². The predicted molar refractivity (Wildman–Crippen MR) is 67.7 cm³/mol. The van der Waals surface area contributed by atoms with E-state index in [4.69, 9.17) is 9.84 Å². The van der Waals surface area contributed by atoms with Crippen molar-refractivity contribution in [3.63, 3.8) is 0 Å². The van der Waals surface area contributed by atoms with Crippen LogP contribution in [0.3, 0.4) is 0 Å². The Bertz CT molecular complexity index is 349. The number of halogens is 1. The van der Waals surface area contributed by atoms with Crippen LogP contribution in [0.4, 0.5) is 5.69 Å². The van der Waals surface area contributed by atoms with Crippen LogP contribution in [0, 0.1) is 0 Å². The van der Waals surface area contributed by atoms with Crippen molar-refractivity contribution in [2.75, 3.05) is 31.2 Å². The van der Waals surface area contributed by atoms with E-state index in [1.165, 1.54) is 5.69 Å². The minimum atomic E-state index is 0.0853. The summed E-state index contributed by atoms with van der Waals surface area (Å²) >= 11 is 3.56. The van der Waals surface area contributed by atoms with Crippen LogP contribution in [0.5, 0.6) is 0 Å². The maximum absolute atomic E-state index is 9.05. The van der Waals surface area contributed by atoms with Gasteiger partial charge in [-0.1, -0.05) is 6.07 Å². The average Bonchev–Trinajstić information content (AvgIpc) is 2.57. The Kier molecular flexibility index (Phi) is 4.21. The van der Waals surface area contributed by atoms with Crippen molar-refractivity contribution >= 4 is 21.6 Å². The van der Waals surface area contributed by atoms with Crippen LogP contribution >= 0.6 is 15.9 Å². The Morgan fingerprint density at radius 3 is 2.94 bits per heavy atom. The summed E-state index contributed by atoms with van der Waals surface area (Å²) < 4.78 is 6.48. The highest BCUT2D eigenvalue weighted by Gasteiger charge is 2.12. The fourth-order valence-electron chi connectivity index (χ4n) is 1.89. The first-order valence-corrected chi connectivity index (χ1v) is 6.32. The van der Waals surface area contributed by atoms with Crippen molar-refractivity contribution in [3.05, 3.63) is 28.2 Å². The molecule has 16 heavy (non-hydrogen) atoms. The van der Waals surface area contributed by atoms with Crippen molar-refractivity contribution in [2.24, 2.45) is 0 Å². The Hall–Kier alpha value is -0.580. The molecule has 0 amide bonds. The van der Waals surface area contributed by atoms with E-state index < -0.39 is 0 Å². The summed E-state index contributed by atoms with van der Waals surface area (Å²) in [4.78, 5) is 2.32. The lowest BCUT2D eigenvalue weighted by Crippen LogP contribution is -2.26. The van der Waals surface area contributed by atoms with Gasteiger partial charge in [0.2, 0.25) is 0 Å². The van der Waals surface area contributed by atoms with Gasteiger partial charge in [0.15, 0.2) is 0 Å². The molecule has 1 fully saturated rings. The van der Waals surface area contributed by atoms with Gasteiger partial charge >= 0.3 is 0 Å². The molecule has 1 heterocycles. The number of nitrogens with zero attached hydrogens (tertiary/aromatic N) is 1. The van der Waals surface area contributed by atoms with Crippen LogP contribution in [0.1, 0.15) is 12.0 Å². The number of anilines is 1. The molecule has 0 bridgehead atoms. The summed E-state index contributed by atoms with van der Waals surface area (Å²) in [6.45, 7) is 3.67. The molecule has 0 radical (unpaired) electrons. The zero-order chi connectivity index (χ0) is 11.4. The number of hydrogen-bond donors (Lipinski definition) is 1. The number of ether oxygens (including phenoxy) is 1. The SMILES string of the molecule is OCc1ccc(N2CCCOCC2)c(Br)c1. The molecule has 1 saturated heterocycles. The maximum atomic E-state index is 9.05. The standard InChI is InChI=1S/C12H16BrNO2/c13-11-8-10(9-15)2-3-12(11)14-4-1-6-16-7-5-14/h2-3,8,15H,1,4-7,9H2. The summed E-state index contributed by atoms with van der Waals surface area (Å²) in [7, 11) is 0. The van der Waals surface area contributed by atoms with Crippen molar-refractivity contribution < 1.29 is 9.84 Å². The van der Waals surface area contributed by atoms with Gasteiger partial charge in [-0.15, -0.1) is 0 Å². The van der Waals surface area contributed by atoms with Gasteiger partial charge in [0, 0.05) is 24.2 Å². The Balaban J connectivity index is 2.18. The van der Waals surface area contributed by atoms with Crippen LogP contribution in [-0.2, 0) is 11.3 Å². The van der Waals surface area contributed by atoms with E-state index in [1.54, 1.807) is 0 Å².